The first-order valence-electron chi connectivity index (χ1n) is 7.53. The Hall–Kier alpha value is -2.63. The lowest BCUT2D eigenvalue weighted by Gasteiger charge is -2.22. The van der Waals surface area contributed by atoms with E-state index >= 15 is 0 Å². The van der Waals surface area contributed by atoms with Crippen LogP contribution in [-0.2, 0) is 24.5 Å². The van der Waals surface area contributed by atoms with Crippen molar-refractivity contribution < 1.29 is 28.6 Å². The molecule has 0 aliphatic heterocycles. The molecular formula is C18H22O6. The van der Waals surface area contributed by atoms with Crippen molar-refractivity contribution in [2.24, 2.45) is 0 Å². The van der Waals surface area contributed by atoms with E-state index in [0.29, 0.717) is 6.61 Å². The number of allylic oxidation sites excluding steroid dienone is 1. The number of esters is 3. The molecule has 0 heterocycles. The standard InChI is InChI=1S/C18H22O6/c1-6-22-17(21)9-10-18(4,5)14-7-8-15(23-12(2)19)16(11-14)24-13(3)20/h7-11H,6H2,1-5H3. The Morgan fingerprint density at radius 3 is 2.17 bits per heavy atom. The van der Waals surface area contributed by atoms with E-state index in [9.17, 15) is 14.4 Å². The molecule has 0 bridgehead atoms. The number of hydrogen-bond donors (Lipinski definition) is 0. The van der Waals surface area contributed by atoms with Gasteiger partial charge in [-0.15, -0.1) is 0 Å². The second-order valence-corrected chi connectivity index (χ2v) is 5.66. The lowest BCUT2D eigenvalue weighted by atomic mass is 9.84. The van der Waals surface area contributed by atoms with E-state index in [0.717, 1.165) is 5.56 Å². The molecule has 0 aromatic heterocycles. The summed E-state index contributed by atoms with van der Waals surface area (Å²) in [6.45, 7) is 8.34. The number of ether oxygens (including phenoxy) is 3. The Kier molecular flexibility index (Phi) is 6.70. The average molecular weight is 334 g/mol. The van der Waals surface area contributed by atoms with E-state index in [1.165, 1.54) is 19.9 Å². The Morgan fingerprint density at radius 1 is 1.04 bits per heavy atom. The number of carbonyl (C=O) groups is 3. The van der Waals surface area contributed by atoms with Crippen molar-refractivity contribution in [3.8, 4) is 11.5 Å². The van der Waals surface area contributed by atoms with Gasteiger partial charge in [-0.25, -0.2) is 4.79 Å². The van der Waals surface area contributed by atoms with Gasteiger partial charge >= 0.3 is 17.9 Å². The molecule has 130 valence electrons. The molecule has 0 saturated carbocycles. The van der Waals surface area contributed by atoms with Crippen LogP contribution in [0.25, 0.3) is 0 Å². The molecule has 0 aliphatic rings. The Balaban J connectivity index is 3.16. The molecule has 0 aliphatic carbocycles. The van der Waals surface area contributed by atoms with Crippen molar-refractivity contribution >= 4 is 17.9 Å². The van der Waals surface area contributed by atoms with Crippen LogP contribution in [0.5, 0.6) is 11.5 Å². The van der Waals surface area contributed by atoms with Crippen molar-refractivity contribution in [1.29, 1.82) is 0 Å². The van der Waals surface area contributed by atoms with Crippen LogP contribution in [0, 0.1) is 0 Å². The lowest BCUT2D eigenvalue weighted by molar-refractivity contribution is -0.137. The van der Waals surface area contributed by atoms with Gasteiger partial charge in [0.05, 0.1) is 6.61 Å². The van der Waals surface area contributed by atoms with Crippen molar-refractivity contribution in [3.63, 3.8) is 0 Å². The van der Waals surface area contributed by atoms with Gasteiger partial charge < -0.3 is 14.2 Å². The predicted octanol–water partition coefficient (Wildman–Crippen LogP) is 2.93. The molecule has 0 amide bonds. The largest absolute Gasteiger partial charge is 0.463 e. The summed E-state index contributed by atoms with van der Waals surface area (Å²) < 4.78 is 15.0. The van der Waals surface area contributed by atoms with Crippen molar-refractivity contribution in [2.75, 3.05) is 6.61 Å². The Morgan fingerprint density at radius 2 is 1.62 bits per heavy atom. The van der Waals surface area contributed by atoms with Crippen LogP contribution >= 0.6 is 0 Å². The third-order valence-corrected chi connectivity index (χ3v) is 3.12. The molecule has 0 spiro atoms. The third-order valence-electron chi connectivity index (χ3n) is 3.12. The molecule has 1 aromatic rings. The summed E-state index contributed by atoms with van der Waals surface area (Å²) in [5, 5.41) is 0. The van der Waals surface area contributed by atoms with E-state index in [2.05, 4.69) is 0 Å². The van der Waals surface area contributed by atoms with Crippen LogP contribution in [-0.4, -0.2) is 24.5 Å². The highest BCUT2D eigenvalue weighted by atomic mass is 16.6. The molecule has 0 N–H and O–H groups in total. The topological polar surface area (TPSA) is 78.9 Å². The van der Waals surface area contributed by atoms with Crippen LogP contribution < -0.4 is 9.47 Å². The fourth-order valence-corrected chi connectivity index (χ4v) is 1.95. The van der Waals surface area contributed by atoms with Gasteiger partial charge in [0.15, 0.2) is 11.5 Å². The fraction of sp³-hybridized carbons (Fsp3) is 0.389. The maximum atomic E-state index is 11.5. The molecule has 0 atom stereocenters. The molecule has 0 saturated heterocycles. The van der Waals surface area contributed by atoms with E-state index in [-0.39, 0.29) is 11.5 Å². The van der Waals surface area contributed by atoms with Gasteiger partial charge in [-0.3, -0.25) is 9.59 Å². The summed E-state index contributed by atoms with van der Waals surface area (Å²) in [6.07, 6.45) is 3.05. The number of benzene rings is 1. The van der Waals surface area contributed by atoms with Gasteiger partial charge in [-0.05, 0) is 24.6 Å². The van der Waals surface area contributed by atoms with Crippen LogP contribution in [0.15, 0.2) is 30.4 Å². The smallest absolute Gasteiger partial charge is 0.330 e. The van der Waals surface area contributed by atoms with Gasteiger partial charge in [0, 0.05) is 25.3 Å². The molecular weight excluding hydrogens is 312 g/mol. The molecule has 0 unspecified atom stereocenters. The molecule has 24 heavy (non-hydrogen) atoms. The van der Waals surface area contributed by atoms with E-state index in [4.69, 9.17) is 14.2 Å². The minimum absolute atomic E-state index is 0.146. The van der Waals surface area contributed by atoms with Crippen LogP contribution in [0.3, 0.4) is 0 Å². The first-order valence-corrected chi connectivity index (χ1v) is 7.53. The zero-order valence-corrected chi connectivity index (χ0v) is 14.5. The lowest BCUT2D eigenvalue weighted by Crippen LogP contribution is -2.16. The third kappa shape index (κ3) is 5.87. The Bertz CT molecular complexity index is 657. The molecule has 6 heteroatoms. The highest BCUT2D eigenvalue weighted by molar-refractivity contribution is 5.82. The second-order valence-electron chi connectivity index (χ2n) is 5.66. The molecule has 6 nitrogen and oxygen atoms in total. The summed E-state index contributed by atoms with van der Waals surface area (Å²) in [4.78, 5) is 33.9. The molecule has 0 fully saturated rings. The highest BCUT2D eigenvalue weighted by Crippen LogP contribution is 2.34. The van der Waals surface area contributed by atoms with Crippen molar-refractivity contribution in [1.82, 2.24) is 0 Å². The number of rotatable bonds is 6. The number of hydrogen-bond acceptors (Lipinski definition) is 6. The zero-order valence-electron chi connectivity index (χ0n) is 14.5. The SMILES string of the molecule is CCOC(=O)C=CC(C)(C)c1ccc(OC(C)=O)c(OC(C)=O)c1. The fourth-order valence-electron chi connectivity index (χ4n) is 1.95. The summed E-state index contributed by atoms with van der Waals surface area (Å²) in [6, 6.07) is 4.89. The van der Waals surface area contributed by atoms with E-state index in [1.54, 1.807) is 31.2 Å². The number of carbonyl (C=O) groups excluding carboxylic acids is 3. The van der Waals surface area contributed by atoms with E-state index in [1.807, 2.05) is 13.8 Å². The average Bonchev–Trinajstić information content (AvgIpc) is 2.46. The normalized spacial score (nSPS) is 11.2. The summed E-state index contributed by atoms with van der Waals surface area (Å²) in [7, 11) is 0. The minimum atomic E-state index is -0.531. The van der Waals surface area contributed by atoms with Gasteiger partial charge in [-0.2, -0.15) is 0 Å². The van der Waals surface area contributed by atoms with Gasteiger partial charge in [0.25, 0.3) is 0 Å². The summed E-state index contributed by atoms with van der Waals surface area (Å²) in [5.74, 6) is -1.17. The maximum absolute atomic E-state index is 11.5. The summed E-state index contributed by atoms with van der Waals surface area (Å²) in [5.41, 5.74) is 0.242. The van der Waals surface area contributed by atoms with Crippen molar-refractivity contribution in [3.05, 3.63) is 35.9 Å². The van der Waals surface area contributed by atoms with E-state index < -0.39 is 23.3 Å². The predicted molar refractivity (Wildman–Crippen MR) is 87.9 cm³/mol. The highest BCUT2D eigenvalue weighted by Gasteiger charge is 2.21. The molecule has 0 radical (unpaired) electrons. The van der Waals surface area contributed by atoms with Crippen LogP contribution in [0.2, 0.25) is 0 Å². The minimum Gasteiger partial charge on any atom is -0.463 e. The first-order chi connectivity index (χ1) is 11.2. The zero-order chi connectivity index (χ0) is 18.3. The first kappa shape index (κ1) is 19.4. The molecule has 1 rings (SSSR count). The van der Waals surface area contributed by atoms with Crippen LogP contribution in [0.1, 0.15) is 40.2 Å². The van der Waals surface area contributed by atoms with Gasteiger partial charge in [0.2, 0.25) is 0 Å². The maximum Gasteiger partial charge on any atom is 0.330 e. The molecule has 1 aromatic carbocycles. The van der Waals surface area contributed by atoms with Gasteiger partial charge in [-0.1, -0.05) is 26.0 Å². The monoisotopic (exact) mass is 334 g/mol. The van der Waals surface area contributed by atoms with Crippen molar-refractivity contribution in [2.45, 2.75) is 40.0 Å². The van der Waals surface area contributed by atoms with Gasteiger partial charge in [0.1, 0.15) is 0 Å². The Labute approximate surface area is 141 Å². The second kappa shape index (κ2) is 8.29. The quantitative estimate of drug-likeness (QED) is 0.452. The van der Waals surface area contributed by atoms with Crippen LogP contribution in [0.4, 0.5) is 0 Å². The summed E-state index contributed by atoms with van der Waals surface area (Å²) >= 11 is 0.